The number of carbonyl (C=O) groups is 1. The molecule has 16 heavy (non-hydrogen) atoms. The molecule has 86 valence electrons. The summed E-state index contributed by atoms with van der Waals surface area (Å²) < 4.78 is 9.97. The minimum Gasteiger partial charge on any atom is -0.507 e. The van der Waals surface area contributed by atoms with E-state index in [9.17, 15) is 15.0 Å². The lowest BCUT2D eigenvalue weighted by Gasteiger charge is -2.24. The van der Waals surface area contributed by atoms with Gasteiger partial charge in [0.15, 0.2) is 11.5 Å². The van der Waals surface area contributed by atoms with Crippen LogP contribution in [0.25, 0.3) is 0 Å². The molecule has 0 bridgehead atoms. The van der Waals surface area contributed by atoms with Gasteiger partial charge >= 0.3 is 5.97 Å². The number of fused-ring (bicyclic) bond motifs is 1. The molecule has 1 aliphatic rings. The molecular weight excluding hydrogens is 212 g/mol. The minimum absolute atomic E-state index is 0.0460. The number of phenolic OH excluding ortho intramolecular Hbond substituents is 2. The topological polar surface area (TPSA) is 76.0 Å². The van der Waals surface area contributed by atoms with Crippen LogP contribution < -0.4 is 4.74 Å². The van der Waals surface area contributed by atoms with Crippen LogP contribution in [0.2, 0.25) is 0 Å². The van der Waals surface area contributed by atoms with E-state index >= 15 is 0 Å². The van der Waals surface area contributed by atoms with Crippen molar-refractivity contribution in [3.05, 3.63) is 17.2 Å². The number of benzene rings is 1. The highest BCUT2D eigenvalue weighted by Gasteiger charge is 2.31. The van der Waals surface area contributed by atoms with Crippen LogP contribution in [-0.4, -0.2) is 29.4 Å². The zero-order chi connectivity index (χ0) is 11.9. The summed E-state index contributed by atoms with van der Waals surface area (Å²) in [6.45, 7) is 1.74. The van der Waals surface area contributed by atoms with Crippen LogP contribution in [0.4, 0.5) is 0 Å². The van der Waals surface area contributed by atoms with E-state index in [1.54, 1.807) is 6.92 Å². The van der Waals surface area contributed by atoms with Gasteiger partial charge in [0.1, 0.15) is 17.4 Å². The van der Waals surface area contributed by atoms with Gasteiger partial charge in [-0.1, -0.05) is 0 Å². The van der Waals surface area contributed by atoms with Gasteiger partial charge in [-0.2, -0.15) is 0 Å². The van der Waals surface area contributed by atoms with Crippen molar-refractivity contribution >= 4 is 5.97 Å². The molecule has 0 radical (unpaired) electrons. The molecule has 0 aromatic heterocycles. The number of cyclic esters (lactones) is 1. The van der Waals surface area contributed by atoms with Gasteiger partial charge in [0.25, 0.3) is 0 Å². The third-order valence-electron chi connectivity index (χ3n) is 2.55. The number of ether oxygens (including phenoxy) is 2. The van der Waals surface area contributed by atoms with E-state index in [2.05, 4.69) is 0 Å². The van der Waals surface area contributed by atoms with Gasteiger partial charge in [0.2, 0.25) is 0 Å². The number of esters is 1. The number of phenols is 2. The number of hydrogen-bond donors (Lipinski definition) is 2. The van der Waals surface area contributed by atoms with E-state index in [1.165, 1.54) is 13.2 Å². The molecule has 0 aliphatic carbocycles. The van der Waals surface area contributed by atoms with Crippen molar-refractivity contribution in [2.24, 2.45) is 0 Å². The molecule has 5 nitrogen and oxygen atoms in total. The normalized spacial score (nSPS) is 18.9. The van der Waals surface area contributed by atoms with Crippen molar-refractivity contribution in [3.63, 3.8) is 0 Å². The second-order valence-electron chi connectivity index (χ2n) is 3.72. The van der Waals surface area contributed by atoms with Gasteiger partial charge in [-0.15, -0.1) is 0 Å². The van der Waals surface area contributed by atoms with E-state index in [0.717, 1.165) is 0 Å². The summed E-state index contributed by atoms with van der Waals surface area (Å²) in [6.07, 6.45) is 0.115. The molecule has 1 heterocycles. The number of aromatic hydroxyl groups is 2. The quantitative estimate of drug-likeness (QED) is 0.701. The van der Waals surface area contributed by atoms with Crippen LogP contribution in [0.3, 0.4) is 0 Å². The van der Waals surface area contributed by atoms with Crippen LogP contribution in [0.15, 0.2) is 6.07 Å². The SMILES string of the molecule is COc1c(O)cc(O)c2c1C(=O)O[C@H](C)C2. The molecule has 0 spiro atoms. The molecule has 1 aromatic carbocycles. The van der Waals surface area contributed by atoms with E-state index in [4.69, 9.17) is 9.47 Å². The third kappa shape index (κ3) is 1.44. The van der Waals surface area contributed by atoms with E-state index in [-0.39, 0.29) is 28.9 Å². The number of rotatable bonds is 1. The van der Waals surface area contributed by atoms with Crippen molar-refractivity contribution < 1.29 is 24.5 Å². The Kier molecular flexibility index (Phi) is 2.38. The second-order valence-corrected chi connectivity index (χ2v) is 3.72. The summed E-state index contributed by atoms with van der Waals surface area (Å²) in [5, 5.41) is 19.2. The Hall–Kier alpha value is -1.91. The minimum atomic E-state index is -0.586. The fourth-order valence-corrected chi connectivity index (χ4v) is 1.88. The molecule has 0 unspecified atom stereocenters. The molecule has 0 saturated carbocycles. The van der Waals surface area contributed by atoms with Crippen LogP contribution in [-0.2, 0) is 11.2 Å². The van der Waals surface area contributed by atoms with Crippen molar-refractivity contribution in [1.29, 1.82) is 0 Å². The molecule has 5 heteroatoms. The molecule has 1 aromatic rings. The maximum absolute atomic E-state index is 11.7. The average molecular weight is 224 g/mol. The van der Waals surface area contributed by atoms with Crippen molar-refractivity contribution in [1.82, 2.24) is 0 Å². The maximum Gasteiger partial charge on any atom is 0.342 e. The molecule has 1 atom stereocenters. The van der Waals surface area contributed by atoms with Crippen molar-refractivity contribution in [3.8, 4) is 17.2 Å². The largest absolute Gasteiger partial charge is 0.507 e. The Morgan fingerprint density at radius 2 is 2.12 bits per heavy atom. The Labute approximate surface area is 92.2 Å². The maximum atomic E-state index is 11.7. The predicted octanol–water partition coefficient (Wildman–Crippen LogP) is 1.21. The van der Waals surface area contributed by atoms with Crippen LogP contribution in [0.1, 0.15) is 22.8 Å². The second kappa shape index (κ2) is 3.59. The van der Waals surface area contributed by atoms with E-state index in [1.807, 2.05) is 0 Å². The standard InChI is InChI=1S/C11H12O5/c1-5-3-6-7(12)4-8(13)10(15-2)9(6)11(14)16-5/h4-5,12-13H,3H2,1-2H3/t5-/m1/s1. The van der Waals surface area contributed by atoms with Crippen LogP contribution in [0, 0.1) is 0 Å². The number of carbonyl (C=O) groups excluding carboxylic acids is 1. The lowest BCUT2D eigenvalue weighted by molar-refractivity contribution is 0.0292. The van der Waals surface area contributed by atoms with E-state index < -0.39 is 5.97 Å². The first-order chi connectivity index (χ1) is 7.54. The Morgan fingerprint density at radius 3 is 2.75 bits per heavy atom. The lowest BCUT2D eigenvalue weighted by atomic mass is 9.96. The number of hydrogen-bond acceptors (Lipinski definition) is 5. The average Bonchev–Trinajstić information content (AvgIpc) is 2.20. The Bertz CT molecular complexity index is 452. The highest BCUT2D eigenvalue weighted by molar-refractivity contribution is 5.97. The summed E-state index contributed by atoms with van der Waals surface area (Å²) in [6, 6.07) is 1.17. The molecule has 0 amide bonds. The van der Waals surface area contributed by atoms with Crippen molar-refractivity contribution in [2.45, 2.75) is 19.4 Å². The van der Waals surface area contributed by atoms with Crippen LogP contribution in [0.5, 0.6) is 17.2 Å². The first-order valence-electron chi connectivity index (χ1n) is 4.87. The molecule has 2 N–H and O–H groups in total. The highest BCUT2D eigenvalue weighted by Crippen LogP contribution is 2.41. The fraction of sp³-hybridized carbons (Fsp3) is 0.364. The van der Waals surface area contributed by atoms with Crippen LogP contribution >= 0.6 is 0 Å². The molecule has 0 saturated heterocycles. The summed E-state index contributed by atoms with van der Waals surface area (Å²) in [5.41, 5.74) is 0.566. The van der Waals surface area contributed by atoms with Crippen molar-refractivity contribution in [2.75, 3.05) is 7.11 Å². The summed E-state index contributed by atoms with van der Waals surface area (Å²) in [5.74, 6) is -0.927. The van der Waals surface area contributed by atoms with Gasteiger partial charge in [-0.05, 0) is 6.92 Å². The Morgan fingerprint density at radius 1 is 1.44 bits per heavy atom. The lowest BCUT2D eigenvalue weighted by Crippen LogP contribution is -2.25. The van der Waals surface area contributed by atoms with Gasteiger partial charge in [-0.3, -0.25) is 0 Å². The van der Waals surface area contributed by atoms with Gasteiger partial charge in [0.05, 0.1) is 7.11 Å². The Balaban J connectivity index is 2.69. The smallest absolute Gasteiger partial charge is 0.342 e. The number of methoxy groups -OCH3 is 1. The predicted molar refractivity (Wildman–Crippen MR) is 54.9 cm³/mol. The first-order valence-corrected chi connectivity index (χ1v) is 4.87. The third-order valence-corrected chi connectivity index (χ3v) is 2.55. The molecule has 1 aliphatic heterocycles. The fourth-order valence-electron chi connectivity index (χ4n) is 1.88. The summed E-state index contributed by atoms with van der Waals surface area (Å²) in [4.78, 5) is 11.7. The first kappa shape index (κ1) is 10.6. The van der Waals surface area contributed by atoms with E-state index in [0.29, 0.717) is 12.0 Å². The molecule has 2 rings (SSSR count). The highest BCUT2D eigenvalue weighted by atomic mass is 16.5. The van der Waals surface area contributed by atoms with Gasteiger partial charge < -0.3 is 19.7 Å². The molecular formula is C11H12O5. The zero-order valence-corrected chi connectivity index (χ0v) is 8.98. The van der Waals surface area contributed by atoms with Gasteiger partial charge in [0, 0.05) is 18.1 Å². The summed E-state index contributed by atoms with van der Waals surface area (Å²) in [7, 11) is 1.34. The van der Waals surface area contributed by atoms with Gasteiger partial charge in [-0.25, -0.2) is 4.79 Å². The molecule has 0 fully saturated rings. The monoisotopic (exact) mass is 224 g/mol. The zero-order valence-electron chi connectivity index (χ0n) is 8.98. The summed E-state index contributed by atoms with van der Waals surface area (Å²) >= 11 is 0.